The first-order chi connectivity index (χ1) is 9.15. The molecule has 3 N–H and O–H groups in total. The largest absolute Gasteiger partial charge is 0.465 e. The number of likely N-dealkylation sites (tertiary alicyclic amines) is 1. The number of fused-ring (bicyclic) bond motifs is 1. The number of carboxylic acid groups (broad SMARTS) is 1. The molecule has 6 heteroatoms. The van der Waals surface area contributed by atoms with Crippen LogP contribution in [0.1, 0.15) is 18.9 Å². The van der Waals surface area contributed by atoms with Crippen molar-refractivity contribution in [3.05, 3.63) is 24.5 Å². The van der Waals surface area contributed by atoms with Gasteiger partial charge in [-0.15, -0.1) is 0 Å². The summed E-state index contributed by atoms with van der Waals surface area (Å²) in [5.41, 5.74) is 8.48. The average Bonchev–Trinajstić information content (AvgIpc) is 2.81. The van der Waals surface area contributed by atoms with Crippen molar-refractivity contribution < 1.29 is 9.90 Å². The molecule has 2 heterocycles. The van der Waals surface area contributed by atoms with Gasteiger partial charge in [0.15, 0.2) is 0 Å². The molecule has 19 heavy (non-hydrogen) atoms. The fourth-order valence-corrected chi connectivity index (χ4v) is 2.67. The zero-order valence-electron chi connectivity index (χ0n) is 10.5. The molecule has 1 aliphatic rings. The summed E-state index contributed by atoms with van der Waals surface area (Å²) in [5, 5.41) is 8.95. The minimum Gasteiger partial charge on any atom is -0.465 e. The Bertz CT molecular complexity index is 614. The number of hydrogen-bond acceptors (Lipinski definition) is 3. The standard InChI is InChI=1S/C13H16N4O2/c14-9-1-2-11-12(7-9)17(8-15-11)10-3-5-16(6-4-10)13(18)19/h1-2,7-8,10H,3-6,14H2,(H,18,19). The zero-order chi connectivity index (χ0) is 13.4. The molecule has 0 saturated carbocycles. The number of imidazole rings is 1. The van der Waals surface area contributed by atoms with Gasteiger partial charge in [0.05, 0.1) is 17.4 Å². The molecule has 0 aliphatic carbocycles. The summed E-state index contributed by atoms with van der Waals surface area (Å²) in [4.78, 5) is 16.7. The Hall–Kier alpha value is -2.24. The number of nitrogens with zero attached hydrogens (tertiary/aromatic N) is 3. The Morgan fingerprint density at radius 3 is 2.79 bits per heavy atom. The molecule has 1 aromatic carbocycles. The van der Waals surface area contributed by atoms with Crippen LogP contribution in [0.2, 0.25) is 0 Å². The van der Waals surface area contributed by atoms with E-state index < -0.39 is 6.09 Å². The highest BCUT2D eigenvalue weighted by Crippen LogP contribution is 2.27. The Morgan fingerprint density at radius 2 is 2.11 bits per heavy atom. The van der Waals surface area contributed by atoms with E-state index in [1.165, 1.54) is 4.90 Å². The Kier molecular flexibility index (Phi) is 2.77. The Balaban J connectivity index is 1.85. The number of piperidine rings is 1. The number of benzene rings is 1. The van der Waals surface area contributed by atoms with E-state index in [0.29, 0.717) is 19.1 Å². The lowest BCUT2D eigenvalue weighted by molar-refractivity contribution is 0.126. The first-order valence-electron chi connectivity index (χ1n) is 6.35. The summed E-state index contributed by atoms with van der Waals surface area (Å²) >= 11 is 0. The van der Waals surface area contributed by atoms with Crippen molar-refractivity contribution in [3.8, 4) is 0 Å². The van der Waals surface area contributed by atoms with Gasteiger partial charge in [-0.1, -0.05) is 0 Å². The van der Waals surface area contributed by atoms with E-state index in [1.54, 1.807) is 0 Å². The summed E-state index contributed by atoms with van der Waals surface area (Å²) < 4.78 is 2.12. The molecule has 2 aromatic rings. The van der Waals surface area contributed by atoms with Crippen molar-refractivity contribution in [2.45, 2.75) is 18.9 Å². The summed E-state index contributed by atoms with van der Waals surface area (Å²) in [6.45, 7) is 1.14. The third kappa shape index (κ3) is 2.09. The molecular weight excluding hydrogens is 244 g/mol. The highest BCUT2D eigenvalue weighted by Gasteiger charge is 2.24. The summed E-state index contributed by atoms with van der Waals surface area (Å²) in [7, 11) is 0. The quantitative estimate of drug-likeness (QED) is 0.767. The van der Waals surface area contributed by atoms with Gasteiger partial charge in [-0.25, -0.2) is 9.78 Å². The lowest BCUT2D eigenvalue weighted by Gasteiger charge is -2.31. The molecule has 0 spiro atoms. The minimum atomic E-state index is -0.835. The molecule has 1 fully saturated rings. The van der Waals surface area contributed by atoms with Crippen molar-refractivity contribution in [3.63, 3.8) is 0 Å². The maximum atomic E-state index is 10.9. The molecule has 1 aliphatic heterocycles. The molecule has 0 unspecified atom stereocenters. The van der Waals surface area contributed by atoms with Crippen LogP contribution in [0.4, 0.5) is 10.5 Å². The zero-order valence-corrected chi connectivity index (χ0v) is 10.5. The van der Waals surface area contributed by atoms with Crippen LogP contribution < -0.4 is 5.73 Å². The van der Waals surface area contributed by atoms with E-state index >= 15 is 0 Å². The van der Waals surface area contributed by atoms with E-state index in [2.05, 4.69) is 9.55 Å². The number of aromatic nitrogens is 2. The predicted octanol–water partition coefficient (Wildman–Crippen LogP) is 1.93. The van der Waals surface area contributed by atoms with Gasteiger partial charge < -0.3 is 20.3 Å². The molecular formula is C13H16N4O2. The summed E-state index contributed by atoms with van der Waals surface area (Å²) in [5.74, 6) is 0. The number of anilines is 1. The molecule has 1 amide bonds. The molecule has 1 saturated heterocycles. The number of nitrogens with two attached hydrogens (primary N) is 1. The van der Waals surface area contributed by atoms with Gasteiger partial charge in [0.25, 0.3) is 0 Å². The van der Waals surface area contributed by atoms with Crippen LogP contribution in [0.25, 0.3) is 11.0 Å². The van der Waals surface area contributed by atoms with Crippen molar-refractivity contribution in [1.82, 2.24) is 14.5 Å². The molecule has 6 nitrogen and oxygen atoms in total. The van der Waals surface area contributed by atoms with Gasteiger partial charge in [0, 0.05) is 24.8 Å². The van der Waals surface area contributed by atoms with E-state index in [1.807, 2.05) is 24.5 Å². The number of carbonyl (C=O) groups is 1. The van der Waals surface area contributed by atoms with Gasteiger partial charge in [-0.3, -0.25) is 0 Å². The minimum absolute atomic E-state index is 0.294. The molecule has 0 radical (unpaired) electrons. The summed E-state index contributed by atoms with van der Waals surface area (Å²) in [6.07, 6.45) is 2.61. The average molecular weight is 260 g/mol. The maximum absolute atomic E-state index is 10.9. The fourth-order valence-electron chi connectivity index (χ4n) is 2.67. The van der Waals surface area contributed by atoms with Crippen molar-refractivity contribution in [2.75, 3.05) is 18.8 Å². The lowest BCUT2D eigenvalue weighted by atomic mass is 10.0. The van der Waals surface area contributed by atoms with Crippen LogP contribution in [0, 0.1) is 0 Å². The van der Waals surface area contributed by atoms with Crippen LogP contribution in [-0.2, 0) is 0 Å². The lowest BCUT2D eigenvalue weighted by Crippen LogP contribution is -2.37. The SMILES string of the molecule is Nc1ccc2ncn(C3CCN(C(=O)O)CC3)c2c1. The van der Waals surface area contributed by atoms with Crippen molar-refractivity contribution in [2.24, 2.45) is 0 Å². The van der Waals surface area contributed by atoms with Gasteiger partial charge in [-0.2, -0.15) is 0 Å². The second kappa shape index (κ2) is 4.46. The molecule has 3 rings (SSSR count). The summed E-state index contributed by atoms with van der Waals surface area (Å²) in [6, 6.07) is 5.97. The maximum Gasteiger partial charge on any atom is 0.407 e. The first kappa shape index (κ1) is 11.8. The van der Waals surface area contributed by atoms with E-state index in [4.69, 9.17) is 10.8 Å². The third-order valence-corrected chi connectivity index (χ3v) is 3.73. The van der Waals surface area contributed by atoms with Gasteiger partial charge in [0.1, 0.15) is 0 Å². The van der Waals surface area contributed by atoms with E-state index in [0.717, 1.165) is 29.6 Å². The monoisotopic (exact) mass is 260 g/mol. The third-order valence-electron chi connectivity index (χ3n) is 3.73. The smallest absolute Gasteiger partial charge is 0.407 e. The number of nitrogen functional groups attached to an aromatic ring is 1. The van der Waals surface area contributed by atoms with Crippen LogP contribution in [-0.4, -0.2) is 38.7 Å². The van der Waals surface area contributed by atoms with E-state index in [9.17, 15) is 4.79 Å². The number of hydrogen-bond donors (Lipinski definition) is 2. The topological polar surface area (TPSA) is 84.4 Å². The Morgan fingerprint density at radius 1 is 1.37 bits per heavy atom. The van der Waals surface area contributed by atoms with Crippen molar-refractivity contribution >= 4 is 22.8 Å². The second-order valence-corrected chi connectivity index (χ2v) is 4.90. The normalized spacial score (nSPS) is 16.9. The highest BCUT2D eigenvalue weighted by atomic mass is 16.4. The Labute approximate surface area is 110 Å². The van der Waals surface area contributed by atoms with Crippen LogP contribution in [0.15, 0.2) is 24.5 Å². The molecule has 100 valence electrons. The second-order valence-electron chi connectivity index (χ2n) is 4.90. The van der Waals surface area contributed by atoms with Crippen molar-refractivity contribution in [1.29, 1.82) is 0 Å². The van der Waals surface area contributed by atoms with Crippen LogP contribution in [0.5, 0.6) is 0 Å². The highest BCUT2D eigenvalue weighted by molar-refractivity contribution is 5.79. The van der Waals surface area contributed by atoms with Gasteiger partial charge >= 0.3 is 6.09 Å². The van der Waals surface area contributed by atoms with Crippen LogP contribution >= 0.6 is 0 Å². The molecule has 0 bridgehead atoms. The first-order valence-corrected chi connectivity index (χ1v) is 6.35. The van der Waals surface area contributed by atoms with Crippen LogP contribution in [0.3, 0.4) is 0 Å². The fraction of sp³-hybridized carbons (Fsp3) is 0.385. The number of rotatable bonds is 1. The van der Waals surface area contributed by atoms with Gasteiger partial charge in [-0.05, 0) is 31.0 Å². The predicted molar refractivity (Wildman–Crippen MR) is 72.0 cm³/mol. The van der Waals surface area contributed by atoms with Gasteiger partial charge in [0.2, 0.25) is 0 Å². The van der Waals surface area contributed by atoms with E-state index in [-0.39, 0.29) is 0 Å². The molecule has 0 atom stereocenters. The molecule has 1 aromatic heterocycles. The number of amides is 1.